The predicted octanol–water partition coefficient (Wildman–Crippen LogP) is 3.42. The van der Waals surface area contributed by atoms with Crippen LogP contribution in [-0.2, 0) is 14.8 Å². The van der Waals surface area contributed by atoms with Crippen LogP contribution in [0.3, 0.4) is 0 Å². The van der Waals surface area contributed by atoms with Crippen LogP contribution in [0.2, 0.25) is 0 Å². The Hall–Kier alpha value is -2.92. The van der Waals surface area contributed by atoms with Gasteiger partial charge in [0.15, 0.2) is 0 Å². The Morgan fingerprint density at radius 2 is 1.89 bits per heavy atom. The van der Waals surface area contributed by atoms with Crippen molar-refractivity contribution in [2.75, 3.05) is 18.0 Å². The van der Waals surface area contributed by atoms with Gasteiger partial charge in [0.1, 0.15) is 5.82 Å². The van der Waals surface area contributed by atoms with Crippen molar-refractivity contribution in [3.05, 3.63) is 59.4 Å². The van der Waals surface area contributed by atoms with Gasteiger partial charge in [-0.25, -0.2) is 17.6 Å². The third-order valence-electron chi connectivity index (χ3n) is 3.89. The number of halogens is 1. The monoisotopic (exact) mass is 390 g/mol. The molecule has 0 aliphatic heterocycles. The fourth-order valence-corrected chi connectivity index (χ4v) is 4.03. The van der Waals surface area contributed by atoms with Crippen molar-refractivity contribution in [3.8, 4) is 6.07 Å². The summed E-state index contributed by atoms with van der Waals surface area (Å²) in [5.74, 6) is -1.54. The molecule has 0 aromatic heterocycles. The molecule has 0 N–H and O–H groups in total. The molecule has 0 aliphatic rings. The van der Waals surface area contributed by atoms with E-state index in [2.05, 4.69) is 4.74 Å². The molecule has 2 rings (SSSR count). The van der Waals surface area contributed by atoms with Crippen LogP contribution in [-0.4, -0.2) is 28.0 Å². The van der Waals surface area contributed by atoms with Gasteiger partial charge in [-0.3, -0.25) is 4.31 Å². The van der Waals surface area contributed by atoms with Gasteiger partial charge in [0.25, 0.3) is 10.0 Å². The van der Waals surface area contributed by atoms with Gasteiger partial charge in [0.2, 0.25) is 0 Å². The highest BCUT2D eigenvalue weighted by atomic mass is 32.2. The number of carbonyl (C=O) groups is 1. The van der Waals surface area contributed by atoms with Crippen molar-refractivity contribution >= 4 is 21.7 Å². The Bertz CT molecular complexity index is 966. The number of nitrogens with zero attached hydrogens (tertiary/aromatic N) is 2. The van der Waals surface area contributed by atoms with E-state index in [1.54, 1.807) is 12.1 Å². The number of carbonyl (C=O) groups excluding carboxylic acids is 1. The molecule has 2 aromatic rings. The maximum absolute atomic E-state index is 13.7. The first kappa shape index (κ1) is 20.4. The zero-order valence-corrected chi connectivity index (χ0v) is 15.8. The van der Waals surface area contributed by atoms with Crippen LogP contribution in [0.5, 0.6) is 0 Å². The molecular weight excluding hydrogens is 371 g/mol. The third kappa shape index (κ3) is 4.63. The van der Waals surface area contributed by atoms with Gasteiger partial charge in [-0.15, -0.1) is 0 Å². The molecule has 0 saturated carbocycles. The van der Waals surface area contributed by atoms with Crippen LogP contribution < -0.4 is 4.31 Å². The molecule has 0 aliphatic carbocycles. The Balaban J connectivity index is 2.60. The minimum atomic E-state index is -4.03. The molecule has 142 valence electrons. The molecule has 0 amide bonds. The van der Waals surface area contributed by atoms with E-state index in [0.717, 1.165) is 29.1 Å². The summed E-state index contributed by atoms with van der Waals surface area (Å²) in [6, 6.07) is 11.4. The molecule has 0 bridgehead atoms. The SMILES string of the molecule is COC(=O)c1cc(F)ccc1N(CCCC#N)S(=O)(=O)c1ccc(C)cc1. The number of anilines is 1. The lowest BCUT2D eigenvalue weighted by Gasteiger charge is -2.26. The van der Waals surface area contributed by atoms with Crippen molar-refractivity contribution in [2.45, 2.75) is 24.7 Å². The lowest BCUT2D eigenvalue weighted by atomic mass is 10.1. The van der Waals surface area contributed by atoms with Crippen LogP contribution in [0.15, 0.2) is 47.4 Å². The van der Waals surface area contributed by atoms with Gasteiger partial charge in [-0.05, 0) is 43.7 Å². The molecular formula is C19H19FN2O4S. The van der Waals surface area contributed by atoms with E-state index < -0.39 is 21.8 Å². The molecule has 0 saturated heterocycles. The summed E-state index contributed by atoms with van der Waals surface area (Å²) in [6.07, 6.45) is 0.383. The van der Waals surface area contributed by atoms with E-state index in [9.17, 15) is 17.6 Å². The molecule has 0 radical (unpaired) electrons. The lowest BCUT2D eigenvalue weighted by molar-refractivity contribution is 0.0601. The Kier molecular flexibility index (Phi) is 6.53. The Morgan fingerprint density at radius 3 is 2.48 bits per heavy atom. The number of unbranched alkanes of at least 4 members (excludes halogenated alkanes) is 1. The first-order valence-electron chi connectivity index (χ1n) is 8.15. The van der Waals surface area contributed by atoms with Gasteiger partial charge in [0.05, 0.1) is 29.3 Å². The normalized spacial score (nSPS) is 10.9. The molecule has 27 heavy (non-hydrogen) atoms. The van der Waals surface area contributed by atoms with Crippen molar-refractivity contribution in [3.63, 3.8) is 0 Å². The standard InChI is InChI=1S/C19H19FN2O4S/c1-14-5-8-16(9-6-14)27(24,25)22(12-4-3-11-21)18-10-7-15(20)13-17(18)19(23)26-2/h5-10,13H,3-4,12H2,1-2H3. The van der Waals surface area contributed by atoms with E-state index in [1.165, 1.54) is 18.2 Å². The molecule has 0 heterocycles. The van der Waals surface area contributed by atoms with Gasteiger partial charge in [0, 0.05) is 13.0 Å². The summed E-state index contributed by atoms with van der Waals surface area (Å²) in [7, 11) is -2.90. The average Bonchev–Trinajstić information content (AvgIpc) is 2.65. The third-order valence-corrected chi connectivity index (χ3v) is 5.72. The van der Waals surface area contributed by atoms with Crippen LogP contribution in [0.4, 0.5) is 10.1 Å². The van der Waals surface area contributed by atoms with E-state index in [4.69, 9.17) is 5.26 Å². The summed E-state index contributed by atoms with van der Waals surface area (Å²) >= 11 is 0. The number of esters is 1. The second kappa shape index (κ2) is 8.64. The number of methoxy groups -OCH3 is 1. The number of hydrogen-bond donors (Lipinski definition) is 0. The van der Waals surface area contributed by atoms with Crippen molar-refractivity contribution < 1.29 is 22.3 Å². The first-order chi connectivity index (χ1) is 12.8. The summed E-state index contributed by atoms with van der Waals surface area (Å²) in [5.41, 5.74) is 0.689. The minimum absolute atomic E-state index is 0.00163. The van der Waals surface area contributed by atoms with Gasteiger partial charge in [-0.1, -0.05) is 17.7 Å². The molecule has 6 nitrogen and oxygen atoms in total. The number of aryl methyl sites for hydroxylation is 1. The second-order valence-electron chi connectivity index (χ2n) is 5.80. The highest BCUT2D eigenvalue weighted by molar-refractivity contribution is 7.92. The van der Waals surface area contributed by atoms with E-state index in [1.807, 2.05) is 13.0 Å². The van der Waals surface area contributed by atoms with Gasteiger partial charge < -0.3 is 4.74 Å². The smallest absolute Gasteiger partial charge is 0.340 e. The van der Waals surface area contributed by atoms with E-state index in [0.29, 0.717) is 0 Å². The molecule has 2 aromatic carbocycles. The quantitative estimate of drug-likeness (QED) is 0.534. The second-order valence-corrected chi connectivity index (χ2v) is 7.67. The molecule has 0 fully saturated rings. The van der Waals surface area contributed by atoms with Crippen molar-refractivity contribution in [2.24, 2.45) is 0 Å². The number of nitriles is 1. The van der Waals surface area contributed by atoms with Crippen molar-refractivity contribution in [1.82, 2.24) is 0 Å². The highest BCUT2D eigenvalue weighted by Crippen LogP contribution is 2.29. The van der Waals surface area contributed by atoms with E-state index in [-0.39, 0.29) is 35.5 Å². The maximum Gasteiger partial charge on any atom is 0.340 e. The molecule has 0 unspecified atom stereocenters. The number of hydrogen-bond acceptors (Lipinski definition) is 5. The minimum Gasteiger partial charge on any atom is -0.465 e. The number of rotatable bonds is 7. The number of sulfonamides is 1. The summed E-state index contributed by atoms with van der Waals surface area (Å²) < 4.78 is 45.7. The van der Waals surface area contributed by atoms with E-state index >= 15 is 0 Å². The van der Waals surface area contributed by atoms with Crippen LogP contribution in [0, 0.1) is 24.1 Å². The molecule has 0 atom stereocenters. The summed E-state index contributed by atoms with van der Waals surface area (Å²) in [6.45, 7) is 1.79. The maximum atomic E-state index is 13.7. The predicted molar refractivity (Wildman–Crippen MR) is 98.3 cm³/mol. The summed E-state index contributed by atoms with van der Waals surface area (Å²) in [4.78, 5) is 12.1. The lowest BCUT2D eigenvalue weighted by Crippen LogP contribution is -2.33. The van der Waals surface area contributed by atoms with Crippen LogP contribution >= 0.6 is 0 Å². The largest absolute Gasteiger partial charge is 0.465 e. The van der Waals surface area contributed by atoms with Gasteiger partial charge >= 0.3 is 5.97 Å². The van der Waals surface area contributed by atoms with Crippen LogP contribution in [0.1, 0.15) is 28.8 Å². The Labute approximate surface area is 157 Å². The zero-order valence-electron chi connectivity index (χ0n) is 15.0. The molecule has 0 spiro atoms. The Morgan fingerprint density at radius 1 is 1.22 bits per heavy atom. The number of benzene rings is 2. The van der Waals surface area contributed by atoms with Crippen LogP contribution in [0.25, 0.3) is 0 Å². The topological polar surface area (TPSA) is 87.5 Å². The first-order valence-corrected chi connectivity index (χ1v) is 9.59. The highest BCUT2D eigenvalue weighted by Gasteiger charge is 2.28. The fraction of sp³-hybridized carbons (Fsp3) is 0.263. The van der Waals surface area contributed by atoms with Gasteiger partial charge in [-0.2, -0.15) is 5.26 Å². The number of ether oxygens (including phenoxy) is 1. The molecule has 8 heteroatoms. The zero-order chi connectivity index (χ0) is 20.0. The fourth-order valence-electron chi connectivity index (χ4n) is 2.51. The average molecular weight is 390 g/mol. The summed E-state index contributed by atoms with van der Waals surface area (Å²) in [5, 5.41) is 8.78. The van der Waals surface area contributed by atoms with Crippen molar-refractivity contribution in [1.29, 1.82) is 5.26 Å².